The molecule has 0 saturated carbocycles. The van der Waals surface area contributed by atoms with E-state index < -0.39 is 0 Å². The quantitative estimate of drug-likeness (QED) is 0.804. The van der Waals surface area contributed by atoms with E-state index in [0.717, 1.165) is 26.9 Å². The Kier molecular flexibility index (Phi) is 5.65. The topological polar surface area (TPSA) is 29.5 Å². The van der Waals surface area contributed by atoms with E-state index in [2.05, 4.69) is 6.92 Å². The second-order valence-electron chi connectivity index (χ2n) is 4.71. The van der Waals surface area contributed by atoms with E-state index in [0.29, 0.717) is 6.54 Å². The van der Waals surface area contributed by atoms with Crippen molar-refractivity contribution in [2.45, 2.75) is 19.9 Å². The highest BCUT2D eigenvalue weighted by Crippen LogP contribution is 2.22. The zero-order valence-electron chi connectivity index (χ0n) is 12.1. The van der Waals surface area contributed by atoms with E-state index in [1.807, 2.05) is 36.4 Å². The number of carbonyl (C=O) groups excluding carboxylic acids is 1. The maximum absolute atomic E-state index is 12.1. The molecule has 0 fully saturated rings. The summed E-state index contributed by atoms with van der Waals surface area (Å²) in [5, 5.41) is 0. The van der Waals surface area contributed by atoms with Crippen LogP contribution in [0.5, 0.6) is 5.75 Å². The van der Waals surface area contributed by atoms with Gasteiger partial charge >= 0.3 is 0 Å². The zero-order valence-corrected chi connectivity index (χ0v) is 13.7. The third-order valence-corrected chi connectivity index (χ3v) is 4.37. The molecule has 0 aliphatic heterocycles. The molecule has 0 spiro atoms. The summed E-state index contributed by atoms with van der Waals surface area (Å²) in [7, 11) is 1.77. The average Bonchev–Trinajstić information content (AvgIpc) is 2.90. The van der Waals surface area contributed by atoms with Crippen LogP contribution in [0.25, 0.3) is 0 Å². The van der Waals surface area contributed by atoms with Crippen LogP contribution in [0.1, 0.15) is 17.4 Å². The van der Waals surface area contributed by atoms with Gasteiger partial charge in [-0.1, -0.05) is 36.7 Å². The van der Waals surface area contributed by atoms with E-state index in [4.69, 9.17) is 16.3 Å². The van der Waals surface area contributed by atoms with E-state index in [1.165, 1.54) is 11.3 Å². The van der Waals surface area contributed by atoms with Crippen LogP contribution >= 0.6 is 22.9 Å². The Balaban J connectivity index is 1.89. The Bertz CT molecular complexity index is 612. The normalized spacial score (nSPS) is 10.4. The second kappa shape index (κ2) is 7.48. The molecule has 0 saturated heterocycles. The molecular formula is C16H18ClNO2S. The van der Waals surface area contributed by atoms with Crippen LogP contribution in [-0.2, 0) is 17.8 Å². The number of carbonyl (C=O) groups is 1. The minimum atomic E-state index is -0.0505. The summed E-state index contributed by atoms with van der Waals surface area (Å²) in [6.07, 6.45) is 0.883. The molecule has 1 heterocycles. The van der Waals surface area contributed by atoms with Crippen LogP contribution in [0.15, 0.2) is 36.4 Å². The van der Waals surface area contributed by atoms with Crippen LogP contribution in [-0.4, -0.2) is 24.5 Å². The Morgan fingerprint density at radius 3 is 2.71 bits per heavy atom. The number of halogens is 1. The van der Waals surface area contributed by atoms with Gasteiger partial charge in [-0.2, -0.15) is 0 Å². The molecule has 2 aromatic rings. The first-order valence-electron chi connectivity index (χ1n) is 6.79. The highest BCUT2D eigenvalue weighted by Gasteiger charge is 2.12. The molecule has 3 nitrogen and oxygen atoms in total. The van der Waals surface area contributed by atoms with Gasteiger partial charge in [0.05, 0.1) is 10.9 Å². The van der Waals surface area contributed by atoms with Crippen molar-refractivity contribution in [3.8, 4) is 5.75 Å². The number of nitrogens with zero attached hydrogens (tertiary/aromatic N) is 1. The van der Waals surface area contributed by atoms with Gasteiger partial charge < -0.3 is 9.64 Å². The number of hydrogen-bond donors (Lipinski definition) is 0. The maximum atomic E-state index is 12.1. The number of ether oxygens (including phenoxy) is 1. The molecule has 21 heavy (non-hydrogen) atoms. The smallest absolute Gasteiger partial charge is 0.260 e. The molecule has 0 bridgehead atoms. The summed E-state index contributed by atoms with van der Waals surface area (Å²) in [4.78, 5) is 14.8. The summed E-state index contributed by atoms with van der Waals surface area (Å²) in [5.41, 5.74) is 1.11. The Morgan fingerprint density at radius 2 is 2.05 bits per heavy atom. The second-order valence-corrected chi connectivity index (χ2v) is 6.51. The van der Waals surface area contributed by atoms with Gasteiger partial charge in [-0.15, -0.1) is 11.3 Å². The predicted molar refractivity (Wildman–Crippen MR) is 87.1 cm³/mol. The van der Waals surface area contributed by atoms with E-state index >= 15 is 0 Å². The van der Waals surface area contributed by atoms with Gasteiger partial charge in [0.25, 0.3) is 5.91 Å². The summed E-state index contributed by atoms with van der Waals surface area (Å²) in [6.45, 7) is 2.66. The molecule has 1 aromatic carbocycles. The first-order chi connectivity index (χ1) is 10.1. The number of thiophene rings is 1. The highest BCUT2D eigenvalue weighted by atomic mass is 35.5. The van der Waals surface area contributed by atoms with Gasteiger partial charge in [0, 0.05) is 11.9 Å². The van der Waals surface area contributed by atoms with Crippen LogP contribution in [0.3, 0.4) is 0 Å². The lowest BCUT2D eigenvalue weighted by Crippen LogP contribution is -2.30. The first kappa shape index (κ1) is 15.9. The molecule has 0 atom stereocenters. The fraction of sp³-hybridized carbons (Fsp3) is 0.312. The van der Waals surface area contributed by atoms with Crippen LogP contribution in [0.2, 0.25) is 4.34 Å². The van der Waals surface area contributed by atoms with Gasteiger partial charge in [-0.3, -0.25) is 4.79 Å². The largest absolute Gasteiger partial charge is 0.483 e. The standard InChI is InChI=1S/C16H18ClNO2S/c1-3-12-6-4-5-7-14(12)20-11-16(19)18(2)10-13-8-9-15(17)21-13/h4-9H,3,10-11H2,1-2H3. The lowest BCUT2D eigenvalue weighted by Gasteiger charge is -2.17. The summed E-state index contributed by atoms with van der Waals surface area (Å²) in [5.74, 6) is 0.728. The molecule has 1 amide bonds. The van der Waals surface area contributed by atoms with Gasteiger partial charge in [0.15, 0.2) is 6.61 Å². The molecule has 0 radical (unpaired) electrons. The van der Waals surface area contributed by atoms with Gasteiger partial charge in [0.2, 0.25) is 0 Å². The fourth-order valence-corrected chi connectivity index (χ4v) is 3.09. The molecular weight excluding hydrogens is 306 g/mol. The minimum absolute atomic E-state index is 0.0482. The molecule has 112 valence electrons. The van der Waals surface area contributed by atoms with E-state index in [-0.39, 0.29) is 12.5 Å². The molecule has 0 aliphatic carbocycles. The number of amides is 1. The van der Waals surface area contributed by atoms with Crippen LogP contribution < -0.4 is 4.74 Å². The fourth-order valence-electron chi connectivity index (χ4n) is 1.95. The number of rotatable bonds is 6. The minimum Gasteiger partial charge on any atom is -0.483 e. The SMILES string of the molecule is CCc1ccccc1OCC(=O)N(C)Cc1ccc(Cl)s1. The zero-order chi connectivity index (χ0) is 15.2. The lowest BCUT2D eigenvalue weighted by molar-refractivity contribution is -0.132. The first-order valence-corrected chi connectivity index (χ1v) is 7.98. The van der Waals surface area contributed by atoms with Crippen LogP contribution in [0.4, 0.5) is 0 Å². The maximum Gasteiger partial charge on any atom is 0.260 e. The predicted octanol–water partition coefficient (Wildman–Crippen LogP) is 4.00. The number of likely N-dealkylation sites (N-methyl/N-ethyl adjacent to an activating group) is 1. The van der Waals surface area contributed by atoms with Crippen molar-refractivity contribution in [3.05, 3.63) is 51.2 Å². The monoisotopic (exact) mass is 323 g/mol. The lowest BCUT2D eigenvalue weighted by atomic mass is 10.1. The summed E-state index contributed by atoms with van der Waals surface area (Å²) in [6, 6.07) is 11.6. The van der Waals surface area contributed by atoms with Crippen molar-refractivity contribution >= 4 is 28.8 Å². The number of benzene rings is 1. The van der Waals surface area contributed by atoms with Gasteiger partial charge in [-0.25, -0.2) is 0 Å². The molecule has 0 N–H and O–H groups in total. The Morgan fingerprint density at radius 1 is 1.29 bits per heavy atom. The molecule has 0 aliphatic rings. The van der Waals surface area contributed by atoms with Crippen LogP contribution in [0, 0.1) is 0 Å². The molecule has 1 aromatic heterocycles. The van der Waals surface area contributed by atoms with Crippen molar-refractivity contribution in [3.63, 3.8) is 0 Å². The number of para-hydroxylation sites is 1. The Labute approximate surface area is 134 Å². The van der Waals surface area contributed by atoms with Gasteiger partial charge in [-0.05, 0) is 30.2 Å². The van der Waals surface area contributed by atoms with E-state index in [1.54, 1.807) is 11.9 Å². The molecule has 2 rings (SSSR count). The van der Waals surface area contributed by atoms with Crippen molar-refractivity contribution in [2.24, 2.45) is 0 Å². The average molecular weight is 324 g/mol. The van der Waals surface area contributed by atoms with Crippen molar-refractivity contribution in [2.75, 3.05) is 13.7 Å². The Hall–Kier alpha value is -1.52. The van der Waals surface area contributed by atoms with Crippen molar-refractivity contribution in [1.82, 2.24) is 4.90 Å². The molecule has 0 unspecified atom stereocenters. The number of hydrogen-bond acceptors (Lipinski definition) is 3. The van der Waals surface area contributed by atoms with E-state index in [9.17, 15) is 4.79 Å². The molecule has 5 heteroatoms. The van der Waals surface area contributed by atoms with Crippen molar-refractivity contribution < 1.29 is 9.53 Å². The summed E-state index contributed by atoms with van der Waals surface area (Å²) >= 11 is 7.37. The highest BCUT2D eigenvalue weighted by molar-refractivity contribution is 7.16. The van der Waals surface area contributed by atoms with Gasteiger partial charge in [0.1, 0.15) is 5.75 Å². The number of aryl methyl sites for hydroxylation is 1. The third-order valence-electron chi connectivity index (χ3n) is 3.15. The summed E-state index contributed by atoms with van der Waals surface area (Å²) < 4.78 is 6.38. The van der Waals surface area contributed by atoms with Crippen molar-refractivity contribution in [1.29, 1.82) is 0 Å². The third kappa shape index (κ3) is 4.48.